The molecule has 0 aliphatic carbocycles. The SMILES string of the molecule is NC(=NCc1ccccc1)N1C[C@@H]2C(=O)NC(=O)[C@@H]2C1. The number of nitrogens with zero attached hydrogens (tertiary/aromatic N) is 2. The lowest BCUT2D eigenvalue weighted by Gasteiger charge is -2.17. The smallest absolute Gasteiger partial charge is 0.232 e. The fourth-order valence-corrected chi connectivity index (χ4v) is 2.68. The number of imide groups is 1. The van der Waals surface area contributed by atoms with E-state index < -0.39 is 0 Å². The monoisotopic (exact) mass is 272 g/mol. The maximum atomic E-state index is 11.6. The van der Waals surface area contributed by atoms with E-state index in [1.807, 2.05) is 35.2 Å². The average molecular weight is 272 g/mol. The van der Waals surface area contributed by atoms with Crippen molar-refractivity contribution in [3.05, 3.63) is 35.9 Å². The minimum Gasteiger partial charge on any atom is -0.370 e. The lowest BCUT2D eigenvalue weighted by atomic mass is 10.00. The van der Waals surface area contributed by atoms with Crippen molar-refractivity contribution in [2.75, 3.05) is 13.1 Å². The molecule has 2 fully saturated rings. The highest BCUT2D eigenvalue weighted by atomic mass is 16.2. The summed E-state index contributed by atoms with van der Waals surface area (Å²) in [5.74, 6) is -0.568. The lowest BCUT2D eigenvalue weighted by molar-refractivity contribution is -0.126. The minimum atomic E-state index is -0.284. The summed E-state index contributed by atoms with van der Waals surface area (Å²) in [5, 5.41) is 2.35. The van der Waals surface area contributed by atoms with E-state index in [0.717, 1.165) is 5.56 Å². The summed E-state index contributed by atoms with van der Waals surface area (Å²) in [5.41, 5.74) is 7.03. The third-order valence-corrected chi connectivity index (χ3v) is 3.83. The van der Waals surface area contributed by atoms with Gasteiger partial charge in [-0.15, -0.1) is 0 Å². The number of amides is 2. The Bertz CT molecular complexity index is 548. The van der Waals surface area contributed by atoms with Crippen molar-refractivity contribution < 1.29 is 9.59 Å². The molecule has 0 bridgehead atoms. The molecule has 1 aromatic carbocycles. The first-order chi connectivity index (χ1) is 9.65. The molecule has 0 spiro atoms. The van der Waals surface area contributed by atoms with Crippen molar-refractivity contribution in [3.8, 4) is 0 Å². The highest BCUT2D eigenvalue weighted by molar-refractivity contribution is 6.06. The molecule has 2 saturated heterocycles. The van der Waals surface area contributed by atoms with Gasteiger partial charge in [0, 0.05) is 13.1 Å². The number of rotatable bonds is 2. The molecular formula is C14H16N4O2. The van der Waals surface area contributed by atoms with Crippen LogP contribution in [0, 0.1) is 11.8 Å². The predicted molar refractivity (Wildman–Crippen MR) is 73.5 cm³/mol. The second-order valence-electron chi connectivity index (χ2n) is 5.13. The molecule has 3 N–H and O–H groups in total. The third kappa shape index (κ3) is 2.24. The van der Waals surface area contributed by atoms with Crippen LogP contribution in [0.2, 0.25) is 0 Å². The summed E-state index contributed by atoms with van der Waals surface area (Å²) in [4.78, 5) is 29.3. The van der Waals surface area contributed by atoms with Gasteiger partial charge < -0.3 is 10.6 Å². The van der Waals surface area contributed by atoms with Crippen molar-refractivity contribution in [1.29, 1.82) is 0 Å². The van der Waals surface area contributed by atoms with E-state index in [9.17, 15) is 9.59 Å². The standard InChI is InChI=1S/C14H16N4O2/c15-14(16-6-9-4-2-1-3-5-9)18-7-10-11(8-18)13(20)17-12(10)19/h1-5,10-11H,6-8H2,(H2,15,16)(H,17,19,20)/t10-,11+. The van der Waals surface area contributed by atoms with Crippen LogP contribution in [0.25, 0.3) is 0 Å². The largest absolute Gasteiger partial charge is 0.370 e. The molecule has 2 aliphatic rings. The van der Waals surface area contributed by atoms with Crippen LogP contribution in [-0.4, -0.2) is 35.8 Å². The van der Waals surface area contributed by atoms with Gasteiger partial charge in [-0.05, 0) is 5.56 Å². The van der Waals surface area contributed by atoms with E-state index in [-0.39, 0.29) is 23.7 Å². The fraction of sp³-hybridized carbons (Fsp3) is 0.357. The van der Waals surface area contributed by atoms with Crippen LogP contribution in [-0.2, 0) is 16.1 Å². The van der Waals surface area contributed by atoms with Crippen LogP contribution in [0.3, 0.4) is 0 Å². The van der Waals surface area contributed by atoms with Crippen LogP contribution >= 0.6 is 0 Å². The quantitative estimate of drug-likeness (QED) is 0.440. The maximum absolute atomic E-state index is 11.6. The molecule has 1 aromatic rings. The first-order valence-electron chi connectivity index (χ1n) is 6.58. The van der Waals surface area contributed by atoms with Crippen molar-refractivity contribution in [2.45, 2.75) is 6.54 Å². The molecule has 104 valence electrons. The van der Waals surface area contributed by atoms with Crippen LogP contribution < -0.4 is 11.1 Å². The van der Waals surface area contributed by atoms with Gasteiger partial charge in [-0.25, -0.2) is 4.99 Å². The zero-order valence-electron chi connectivity index (χ0n) is 11.0. The second-order valence-corrected chi connectivity index (χ2v) is 5.13. The molecule has 3 rings (SSSR count). The van der Waals surface area contributed by atoms with Crippen molar-refractivity contribution in [2.24, 2.45) is 22.6 Å². The number of nitrogens with one attached hydrogen (secondary N) is 1. The molecule has 2 heterocycles. The van der Waals surface area contributed by atoms with E-state index in [4.69, 9.17) is 5.73 Å². The van der Waals surface area contributed by atoms with Crippen LogP contribution in [0.15, 0.2) is 35.3 Å². The summed E-state index contributed by atoms with van der Waals surface area (Å²) in [7, 11) is 0. The van der Waals surface area contributed by atoms with Crippen molar-refractivity contribution >= 4 is 17.8 Å². The number of benzene rings is 1. The number of carbonyl (C=O) groups excluding carboxylic acids is 2. The predicted octanol–water partition coefficient (Wildman–Crippen LogP) is -0.294. The summed E-state index contributed by atoms with van der Waals surface area (Å²) >= 11 is 0. The van der Waals surface area contributed by atoms with E-state index >= 15 is 0 Å². The van der Waals surface area contributed by atoms with Crippen molar-refractivity contribution in [1.82, 2.24) is 10.2 Å². The molecule has 2 aliphatic heterocycles. The van der Waals surface area contributed by atoms with E-state index in [2.05, 4.69) is 10.3 Å². The average Bonchev–Trinajstić information content (AvgIpc) is 3.00. The summed E-state index contributed by atoms with van der Waals surface area (Å²) in [6, 6.07) is 9.80. The molecule has 2 amide bonds. The molecule has 6 nitrogen and oxygen atoms in total. The zero-order valence-corrected chi connectivity index (χ0v) is 11.0. The summed E-state index contributed by atoms with van der Waals surface area (Å²) in [6.45, 7) is 1.43. The Morgan fingerprint density at radius 2 is 1.80 bits per heavy atom. The van der Waals surface area contributed by atoms with E-state index in [0.29, 0.717) is 25.6 Å². The summed E-state index contributed by atoms with van der Waals surface area (Å²) in [6.07, 6.45) is 0. The Labute approximate surface area is 116 Å². The Morgan fingerprint density at radius 1 is 1.20 bits per heavy atom. The normalized spacial score (nSPS) is 25.8. The number of hydrogen-bond acceptors (Lipinski definition) is 3. The van der Waals surface area contributed by atoms with Crippen molar-refractivity contribution in [3.63, 3.8) is 0 Å². The highest BCUT2D eigenvalue weighted by Crippen LogP contribution is 2.27. The van der Waals surface area contributed by atoms with Crippen LogP contribution in [0.4, 0.5) is 0 Å². The Balaban J connectivity index is 1.66. The molecule has 2 atom stereocenters. The van der Waals surface area contributed by atoms with Gasteiger partial charge >= 0.3 is 0 Å². The zero-order chi connectivity index (χ0) is 14.1. The van der Waals surface area contributed by atoms with Gasteiger partial charge in [-0.3, -0.25) is 14.9 Å². The van der Waals surface area contributed by atoms with Gasteiger partial charge in [0.2, 0.25) is 11.8 Å². The number of aliphatic imine (C=N–C) groups is 1. The van der Waals surface area contributed by atoms with Gasteiger partial charge in [0.05, 0.1) is 18.4 Å². The van der Waals surface area contributed by atoms with E-state index in [1.165, 1.54) is 0 Å². The number of likely N-dealkylation sites (tertiary alicyclic amines) is 1. The first kappa shape index (κ1) is 12.7. The lowest BCUT2D eigenvalue weighted by Crippen LogP contribution is -2.39. The minimum absolute atomic E-state index is 0.196. The Morgan fingerprint density at radius 3 is 2.40 bits per heavy atom. The van der Waals surface area contributed by atoms with Gasteiger partial charge in [-0.1, -0.05) is 30.3 Å². The Kier molecular flexibility index (Phi) is 3.14. The summed E-state index contributed by atoms with van der Waals surface area (Å²) < 4.78 is 0. The molecule has 6 heteroatoms. The molecule has 20 heavy (non-hydrogen) atoms. The number of nitrogens with two attached hydrogens (primary N) is 1. The fourth-order valence-electron chi connectivity index (χ4n) is 2.68. The maximum Gasteiger partial charge on any atom is 0.232 e. The number of hydrogen-bond donors (Lipinski definition) is 2. The Hall–Kier alpha value is -2.37. The van der Waals surface area contributed by atoms with Gasteiger partial charge in [0.15, 0.2) is 5.96 Å². The molecule has 0 radical (unpaired) electrons. The number of guanidine groups is 1. The van der Waals surface area contributed by atoms with Gasteiger partial charge in [-0.2, -0.15) is 0 Å². The topological polar surface area (TPSA) is 87.8 Å². The molecule has 0 saturated carbocycles. The van der Waals surface area contributed by atoms with E-state index in [1.54, 1.807) is 0 Å². The third-order valence-electron chi connectivity index (χ3n) is 3.83. The molecule has 0 aromatic heterocycles. The molecular weight excluding hydrogens is 256 g/mol. The van der Waals surface area contributed by atoms with Crippen LogP contribution in [0.1, 0.15) is 5.56 Å². The number of carbonyl (C=O) groups is 2. The second kappa shape index (κ2) is 4.96. The van der Waals surface area contributed by atoms with Gasteiger partial charge in [0.25, 0.3) is 0 Å². The first-order valence-corrected chi connectivity index (χ1v) is 6.58. The van der Waals surface area contributed by atoms with Gasteiger partial charge in [0.1, 0.15) is 0 Å². The number of fused-ring (bicyclic) bond motifs is 1. The molecule has 0 unspecified atom stereocenters. The highest BCUT2D eigenvalue weighted by Gasteiger charge is 2.48. The van der Waals surface area contributed by atoms with Crippen LogP contribution in [0.5, 0.6) is 0 Å².